The van der Waals surface area contributed by atoms with Crippen molar-refractivity contribution in [1.29, 1.82) is 0 Å². The number of ketones is 1. The first kappa shape index (κ1) is 19.4. The Morgan fingerprint density at radius 3 is 2.35 bits per heavy atom. The molecule has 0 spiro atoms. The molecule has 1 atom stereocenters. The molecule has 7 heteroatoms. The number of carbonyl (C=O) groups excluding carboxylic acids is 2. The first-order valence-corrected chi connectivity index (χ1v) is 7.98. The number of benzene rings is 1. The Kier molecular flexibility index (Phi) is 5.94. The summed E-state index contributed by atoms with van der Waals surface area (Å²) in [5.74, 6) is -1.08. The van der Waals surface area contributed by atoms with Crippen LogP contribution in [-0.2, 0) is 9.53 Å². The predicted molar refractivity (Wildman–Crippen MR) is 94.1 cm³/mol. The van der Waals surface area contributed by atoms with E-state index in [9.17, 15) is 14.4 Å². The molecule has 0 saturated carbocycles. The molecule has 0 radical (unpaired) electrons. The van der Waals surface area contributed by atoms with Gasteiger partial charge in [0.15, 0.2) is 11.5 Å². The van der Waals surface area contributed by atoms with Crippen LogP contribution in [0.25, 0.3) is 11.3 Å². The van der Waals surface area contributed by atoms with Crippen LogP contribution in [0.15, 0.2) is 40.8 Å². The zero-order valence-electron chi connectivity index (χ0n) is 14.9. The van der Waals surface area contributed by atoms with E-state index in [1.807, 2.05) is 0 Å². The van der Waals surface area contributed by atoms with Crippen LogP contribution < -0.4 is 5.32 Å². The van der Waals surface area contributed by atoms with E-state index in [1.165, 1.54) is 20.1 Å². The summed E-state index contributed by atoms with van der Waals surface area (Å²) in [5, 5.41) is 11.7. The number of hydrogen-bond donors (Lipinski definition) is 2. The van der Waals surface area contributed by atoms with Crippen LogP contribution in [0.1, 0.15) is 41.2 Å². The standard InChI is InChI=1S/C19H21NO6/c1-12(21)13-4-6-14(7-5-13)15-8-9-16(26-15)18(24)20-19(2,11-25-3)10-17(22)23/h4-9H,10-11H2,1-3H3,(H,20,24)(H,22,23). The summed E-state index contributed by atoms with van der Waals surface area (Å²) >= 11 is 0. The average Bonchev–Trinajstić information content (AvgIpc) is 3.04. The Bertz CT molecular complexity index is 808. The lowest BCUT2D eigenvalue weighted by molar-refractivity contribution is -0.139. The number of rotatable bonds is 8. The minimum absolute atomic E-state index is 0.0353. The molecule has 1 unspecified atom stereocenters. The van der Waals surface area contributed by atoms with Gasteiger partial charge in [-0.1, -0.05) is 24.3 Å². The predicted octanol–water partition coefficient (Wildman–Crippen LogP) is 2.76. The summed E-state index contributed by atoms with van der Waals surface area (Å²) in [6.07, 6.45) is -0.285. The number of aliphatic carboxylic acids is 1. The molecule has 26 heavy (non-hydrogen) atoms. The topological polar surface area (TPSA) is 106 Å². The first-order chi connectivity index (χ1) is 12.2. The largest absolute Gasteiger partial charge is 0.481 e. The number of Topliss-reactive ketones (excluding diaryl/α,β-unsaturated/α-hetero) is 1. The molecule has 0 aliphatic rings. The van der Waals surface area contributed by atoms with Gasteiger partial charge in [0.25, 0.3) is 5.91 Å². The van der Waals surface area contributed by atoms with Gasteiger partial charge in [-0.2, -0.15) is 0 Å². The Morgan fingerprint density at radius 1 is 1.15 bits per heavy atom. The van der Waals surface area contributed by atoms with Gasteiger partial charge in [-0.3, -0.25) is 14.4 Å². The molecule has 0 bridgehead atoms. The second kappa shape index (κ2) is 7.97. The van der Waals surface area contributed by atoms with Gasteiger partial charge in [0, 0.05) is 18.2 Å². The molecule has 138 valence electrons. The van der Waals surface area contributed by atoms with Crippen molar-refractivity contribution < 1.29 is 28.6 Å². The number of furan rings is 1. The number of carbonyl (C=O) groups is 3. The van der Waals surface area contributed by atoms with Crippen LogP contribution in [-0.4, -0.2) is 42.0 Å². The van der Waals surface area contributed by atoms with Crippen molar-refractivity contribution in [1.82, 2.24) is 5.32 Å². The van der Waals surface area contributed by atoms with Crippen molar-refractivity contribution >= 4 is 17.7 Å². The van der Waals surface area contributed by atoms with E-state index in [2.05, 4.69) is 5.32 Å². The maximum Gasteiger partial charge on any atom is 0.305 e. The highest BCUT2D eigenvalue weighted by molar-refractivity contribution is 5.95. The fraction of sp³-hybridized carbons (Fsp3) is 0.316. The summed E-state index contributed by atoms with van der Waals surface area (Å²) in [6.45, 7) is 3.12. The molecule has 1 heterocycles. The second-order valence-electron chi connectivity index (χ2n) is 6.32. The van der Waals surface area contributed by atoms with E-state index in [0.717, 1.165) is 5.56 Å². The monoisotopic (exact) mass is 359 g/mol. The van der Waals surface area contributed by atoms with Gasteiger partial charge in [-0.15, -0.1) is 0 Å². The van der Waals surface area contributed by atoms with Crippen molar-refractivity contribution in [2.45, 2.75) is 25.8 Å². The molecule has 0 fully saturated rings. The van der Waals surface area contributed by atoms with Crippen LogP contribution in [0.4, 0.5) is 0 Å². The highest BCUT2D eigenvalue weighted by Gasteiger charge is 2.31. The van der Waals surface area contributed by atoms with Crippen molar-refractivity contribution in [2.24, 2.45) is 0 Å². The normalized spacial score (nSPS) is 13.0. The van der Waals surface area contributed by atoms with Crippen molar-refractivity contribution in [3.63, 3.8) is 0 Å². The van der Waals surface area contributed by atoms with E-state index in [4.69, 9.17) is 14.3 Å². The minimum atomic E-state index is -1.06. The number of nitrogens with one attached hydrogen (secondary N) is 1. The van der Waals surface area contributed by atoms with E-state index in [1.54, 1.807) is 37.3 Å². The van der Waals surface area contributed by atoms with E-state index >= 15 is 0 Å². The number of methoxy groups -OCH3 is 1. The number of carboxylic acids is 1. The third-order valence-corrected chi connectivity index (χ3v) is 3.83. The van der Waals surface area contributed by atoms with Gasteiger partial charge < -0.3 is 19.6 Å². The minimum Gasteiger partial charge on any atom is -0.481 e. The van der Waals surface area contributed by atoms with Crippen LogP contribution in [0.3, 0.4) is 0 Å². The van der Waals surface area contributed by atoms with E-state index < -0.39 is 17.4 Å². The molecular formula is C19H21NO6. The van der Waals surface area contributed by atoms with Gasteiger partial charge in [-0.05, 0) is 26.0 Å². The number of hydrogen-bond acceptors (Lipinski definition) is 5. The molecule has 0 saturated heterocycles. The summed E-state index contributed by atoms with van der Waals surface area (Å²) in [7, 11) is 1.43. The fourth-order valence-corrected chi connectivity index (χ4v) is 2.60. The van der Waals surface area contributed by atoms with E-state index in [0.29, 0.717) is 11.3 Å². The molecule has 1 aromatic carbocycles. The lowest BCUT2D eigenvalue weighted by atomic mass is 9.99. The molecule has 2 rings (SSSR count). The number of carboxylic acid groups (broad SMARTS) is 1. The molecule has 0 aliphatic heterocycles. The first-order valence-electron chi connectivity index (χ1n) is 7.98. The quantitative estimate of drug-likeness (QED) is 0.702. The maximum atomic E-state index is 12.4. The molecule has 1 amide bonds. The van der Waals surface area contributed by atoms with Crippen LogP contribution in [0.5, 0.6) is 0 Å². The summed E-state index contributed by atoms with van der Waals surface area (Å²) in [5.41, 5.74) is 0.245. The average molecular weight is 359 g/mol. The summed E-state index contributed by atoms with van der Waals surface area (Å²) in [4.78, 5) is 34.7. The van der Waals surface area contributed by atoms with Gasteiger partial charge in [0.1, 0.15) is 5.76 Å². The third-order valence-electron chi connectivity index (χ3n) is 3.83. The van der Waals surface area contributed by atoms with Gasteiger partial charge >= 0.3 is 5.97 Å². The Hall–Kier alpha value is -2.93. The molecular weight excluding hydrogens is 338 g/mol. The molecule has 2 aromatic rings. The van der Waals surface area contributed by atoms with Gasteiger partial charge in [0.05, 0.1) is 18.6 Å². The Balaban J connectivity index is 2.16. The SMILES string of the molecule is COCC(C)(CC(=O)O)NC(=O)c1ccc(-c2ccc(C(C)=O)cc2)o1. The van der Waals surface area contributed by atoms with Gasteiger partial charge in [0.2, 0.25) is 0 Å². The highest BCUT2D eigenvalue weighted by atomic mass is 16.5. The van der Waals surface area contributed by atoms with Crippen molar-refractivity contribution in [3.05, 3.63) is 47.7 Å². The van der Waals surface area contributed by atoms with Crippen LogP contribution >= 0.6 is 0 Å². The Labute approximate surface area is 151 Å². The zero-order valence-corrected chi connectivity index (χ0v) is 14.9. The number of amides is 1. The summed E-state index contributed by atoms with van der Waals surface area (Å²) < 4.78 is 10.6. The fourth-order valence-electron chi connectivity index (χ4n) is 2.60. The van der Waals surface area contributed by atoms with Crippen LogP contribution in [0.2, 0.25) is 0 Å². The lowest BCUT2D eigenvalue weighted by Gasteiger charge is -2.27. The van der Waals surface area contributed by atoms with E-state index in [-0.39, 0.29) is 24.6 Å². The lowest BCUT2D eigenvalue weighted by Crippen LogP contribution is -2.50. The second-order valence-corrected chi connectivity index (χ2v) is 6.32. The van der Waals surface area contributed by atoms with Crippen molar-refractivity contribution in [2.75, 3.05) is 13.7 Å². The Morgan fingerprint density at radius 2 is 1.81 bits per heavy atom. The van der Waals surface area contributed by atoms with Gasteiger partial charge in [-0.25, -0.2) is 0 Å². The van der Waals surface area contributed by atoms with Crippen molar-refractivity contribution in [3.8, 4) is 11.3 Å². The highest BCUT2D eigenvalue weighted by Crippen LogP contribution is 2.23. The van der Waals surface area contributed by atoms with Crippen LogP contribution in [0, 0.1) is 0 Å². The molecule has 0 aliphatic carbocycles. The summed E-state index contributed by atoms with van der Waals surface area (Å²) in [6, 6.07) is 9.98. The molecule has 2 N–H and O–H groups in total. The third kappa shape index (κ3) is 4.80. The number of ether oxygens (including phenoxy) is 1. The smallest absolute Gasteiger partial charge is 0.305 e. The molecule has 7 nitrogen and oxygen atoms in total. The molecule has 1 aromatic heterocycles. The maximum absolute atomic E-state index is 12.4. The zero-order chi connectivity index (χ0) is 19.3.